The van der Waals surface area contributed by atoms with Crippen LogP contribution in [0.25, 0.3) is 0 Å². The lowest BCUT2D eigenvalue weighted by molar-refractivity contribution is 0.0123. The molecule has 16 heavy (non-hydrogen) atoms. The highest BCUT2D eigenvalue weighted by molar-refractivity contribution is 8.05. The molecule has 1 aliphatic rings. The van der Waals surface area contributed by atoms with Crippen molar-refractivity contribution in [1.29, 1.82) is 0 Å². The summed E-state index contributed by atoms with van der Waals surface area (Å²) in [6, 6.07) is 0. The van der Waals surface area contributed by atoms with Crippen LogP contribution in [-0.2, 0) is 28.8 Å². The van der Waals surface area contributed by atoms with Crippen LogP contribution in [-0.4, -0.2) is 30.0 Å². The van der Waals surface area contributed by atoms with Crippen LogP contribution in [0.15, 0.2) is 11.5 Å². The molecule has 0 fully saturated rings. The van der Waals surface area contributed by atoms with Gasteiger partial charge in [-0.15, -0.1) is 0 Å². The van der Waals surface area contributed by atoms with E-state index in [2.05, 4.69) is 15.2 Å². The molecule has 0 saturated heterocycles. The molecule has 6 nitrogen and oxygen atoms in total. The number of aromatic nitrogens is 3. The van der Waals surface area contributed by atoms with Gasteiger partial charge in [-0.05, 0) is 19.0 Å². The van der Waals surface area contributed by atoms with Crippen molar-refractivity contribution in [3.05, 3.63) is 12.2 Å². The first-order chi connectivity index (χ1) is 7.48. The minimum atomic E-state index is -1.18. The van der Waals surface area contributed by atoms with Crippen LogP contribution in [0.1, 0.15) is 26.1 Å². The Labute approximate surface area is 96.9 Å². The molecule has 1 atom stereocenters. The SMILES string of the molecule is Cn1ncnc1C[S+]([O-])C1=NOC(C)(C)C1. The second kappa shape index (κ2) is 4.06. The van der Waals surface area contributed by atoms with Crippen molar-refractivity contribution in [1.82, 2.24) is 14.8 Å². The molecule has 1 unspecified atom stereocenters. The summed E-state index contributed by atoms with van der Waals surface area (Å²) in [5.41, 5.74) is -0.342. The van der Waals surface area contributed by atoms with Crippen LogP contribution in [0.2, 0.25) is 0 Å². The van der Waals surface area contributed by atoms with Crippen molar-refractivity contribution in [2.24, 2.45) is 12.2 Å². The Morgan fingerprint density at radius 2 is 2.38 bits per heavy atom. The number of hydrogen-bond donors (Lipinski definition) is 0. The Bertz CT molecular complexity index is 415. The largest absolute Gasteiger partial charge is 0.610 e. The zero-order chi connectivity index (χ0) is 11.8. The molecule has 0 aromatic carbocycles. The van der Waals surface area contributed by atoms with Crippen LogP contribution in [0.3, 0.4) is 0 Å². The van der Waals surface area contributed by atoms with E-state index in [1.54, 1.807) is 11.7 Å². The van der Waals surface area contributed by atoms with Gasteiger partial charge < -0.3 is 9.39 Å². The molecule has 2 heterocycles. The van der Waals surface area contributed by atoms with Gasteiger partial charge in [0.25, 0.3) is 5.04 Å². The summed E-state index contributed by atoms with van der Waals surface area (Å²) in [6.07, 6.45) is 2.04. The standard InChI is InChI=1S/C9H14N4O2S/c1-9(2)4-8(12-15-9)16(14)5-7-10-6-11-13(7)3/h6H,4-5H2,1-3H3. The minimum Gasteiger partial charge on any atom is -0.610 e. The number of aryl methyl sites for hydroxylation is 1. The van der Waals surface area contributed by atoms with Crippen molar-refractivity contribution in [3.63, 3.8) is 0 Å². The molecule has 1 aromatic rings. The lowest BCUT2D eigenvalue weighted by Gasteiger charge is -2.13. The molecule has 1 aliphatic heterocycles. The fourth-order valence-electron chi connectivity index (χ4n) is 1.38. The summed E-state index contributed by atoms with van der Waals surface area (Å²) in [4.78, 5) is 9.20. The van der Waals surface area contributed by atoms with Gasteiger partial charge in [-0.25, -0.2) is 9.67 Å². The maximum absolute atomic E-state index is 12.0. The van der Waals surface area contributed by atoms with Crippen molar-refractivity contribution < 1.29 is 9.39 Å². The second-order valence-corrected chi connectivity index (χ2v) is 5.75. The van der Waals surface area contributed by atoms with Crippen molar-refractivity contribution in [2.75, 3.05) is 0 Å². The average Bonchev–Trinajstić information content (AvgIpc) is 2.74. The molecule has 2 rings (SSSR count). The summed E-state index contributed by atoms with van der Waals surface area (Å²) in [7, 11) is 1.77. The van der Waals surface area contributed by atoms with Gasteiger partial charge in [-0.1, -0.05) is 0 Å². The summed E-state index contributed by atoms with van der Waals surface area (Å²) in [5.74, 6) is 1.01. The third-order valence-corrected chi connectivity index (χ3v) is 3.56. The monoisotopic (exact) mass is 242 g/mol. The van der Waals surface area contributed by atoms with E-state index in [0.717, 1.165) is 0 Å². The van der Waals surface area contributed by atoms with Gasteiger partial charge in [0.2, 0.25) is 0 Å². The topological polar surface area (TPSA) is 75.4 Å². The normalized spacial score (nSPS) is 20.4. The highest BCUT2D eigenvalue weighted by Gasteiger charge is 2.36. The molecule has 0 aliphatic carbocycles. The van der Waals surface area contributed by atoms with E-state index in [1.165, 1.54) is 6.33 Å². The minimum absolute atomic E-state index is 0.328. The maximum Gasteiger partial charge on any atom is 0.259 e. The van der Waals surface area contributed by atoms with Crippen LogP contribution >= 0.6 is 0 Å². The Hall–Kier alpha value is -1.08. The fraction of sp³-hybridized carbons (Fsp3) is 0.667. The molecular formula is C9H14N4O2S. The molecule has 0 bridgehead atoms. The van der Waals surface area contributed by atoms with Crippen LogP contribution in [0.4, 0.5) is 0 Å². The number of hydrogen-bond acceptors (Lipinski definition) is 5. The molecule has 7 heteroatoms. The fourth-order valence-corrected chi connectivity index (χ4v) is 2.67. The maximum atomic E-state index is 12.0. The smallest absolute Gasteiger partial charge is 0.259 e. The number of rotatable bonds is 2. The molecule has 0 saturated carbocycles. The first-order valence-corrected chi connectivity index (χ1v) is 6.26. The van der Waals surface area contributed by atoms with E-state index in [0.29, 0.717) is 23.0 Å². The molecular weight excluding hydrogens is 228 g/mol. The Morgan fingerprint density at radius 1 is 1.62 bits per heavy atom. The first-order valence-electron chi connectivity index (χ1n) is 4.94. The Morgan fingerprint density at radius 3 is 2.88 bits per heavy atom. The zero-order valence-electron chi connectivity index (χ0n) is 9.51. The lowest BCUT2D eigenvalue weighted by atomic mass is 10.1. The highest BCUT2D eigenvalue weighted by atomic mass is 32.2. The van der Waals surface area contributed by atoms with E-state index < -0.39 is 11.2 Å². The third kappa shape index (κ3) is 2.35. The van der Waals surface area contributed by atoms with Crippen molar-refractivity contribution in [2.45, 2.75) is 31.6 Å². The van der Waals surface area contributed by atoms with E-state index in [-0.39, 0.29) is 5.60 Å². The Kier molecular flexibility index (Phi) is 2.90. The highest BCUT2D eigenvalue weighted by Crippen LogP contribution is 2.25. The van der Waals surface area contributed by atoms with Gasteiger partial charge in [-0.3, -0.25) is 0 Å². The van der Waals surface area contributed by atoms with Crippen LogP contribution in [0.5, 0.6) is 0 Å². The zero-order valence-corrected chi connectivity index (χ0v) is 10.3. The van der Waals surface area contributed by atoms with Gasteiger partial charge in [0, 0.05) is 18.2 Å². The lowest BCUT2D eigenvalue weighted by Crippen LogP contribution is -2.24. The molecule has 0 amide bonds. The summed E-state index contributed by atoms with van der Waals surface area (Å²) in [5, 5.41) is 8.37. The average molecular weight is 242 g/mol. The van der Waals surface area contributed by atoms with E-state index >= 15 is 0 Å². The van der Waals surface area contributed by atoms with Gasteiger partial charge in [0.05, 0.1) is 6.42 Å². The third-order valence-electron chi connectivity index (χ3n) is 2.30. The van der Waals surface area contributed by atoms with E-state index in [4.69, 9.17) is 4.84 Å². The summed E-state index contributed by atoms with van der Waals surface area (Å²) in [6.45, 7) is 3.84. The predicted octanol–water partition coefficient (Wildman–Crippen LogP) is 0.576. The van der Waals surface area contributed by atoms with Gasteiger partial charge >= 0.3 is 0 Å². The van der Waals surface area contributed by atoms with Crippen LogP contribution < -0.4 is 0 Å². The van der Waals surface area contributed by atoms with Crippen molar-refractivity contribution >= 4 is 16.2 Å². The van der Waals surface area contributed by atoms with E-state index in [1.807, 2.05) is 13.8 Å². The molecule has 1 aromatic heterocycles. The van der Waals surface area contributed by atoms with Gasteiger partial charge in [-0.2, -0.15) is 5.10 Å². The molecule has 0 spiro atoms. The quantitative estimate of drug-likeness (QED) is 0.711. The first kappa shape index (κ1) is 11.4. The van der Waals surface area contributed by atoms with Crippen molar-refractivity contribution in [3.8, 4) is 0 Å². The van der Waals surface area contributed by atoms with E-state index in [9.17, 15) is 4.55 Å². The van der Waals surface area contributed by atoms with Crippen LogP contribution in [0, 0.1) is 0 Å². The van der Waals surface area contributed by atoms with Gasteiger partial charge in [0.1, 0.15) is 11.9 Å². The number of oxime groups is 1. The molecule has 0 N–H and O–H groups in total. The summed E-state index contributed by atoms with van der Waals surface area (Å²) >= 11 is -1.18. The molecule has 88 valence electrons. The predicted molar refractivity (Wildman–Crippen MR) is 60.1 cm³/mol. The summed E-state index contributed by atoms with van der Waals surface area (Å²) < 4.78 is 13.6. The Balaban J connectivity index is 2.00. The molecule has 0 radical (unpaired) electrons. The second-order valence-electron chi connectivity index (χ2n) is 4.30. The van der Waals surface area contributed by atoms with Gasteiger partial charge in [0.15, 0.2) is 11.6 Å². The number of nitrogens with zero attached hydrogens (tertiary/aromatic N) is 4.